The summed E-state index contributed by atoms with van der Waals surface area (Å²) in [7, 11) is 0. The topological polar surface area (TPSA) is 66.8 Å². The van der Waals surface area contributed by atoms with Gasteiger partial charge in [0.2, 0.25) is 0 Å². The van der Waals surface area contributed by atoms with E-state index in [4.69, 9.17) is 16.3 Å². The highest BCUT2D eigenvalue weighted by atomic mass is 35.5. The number of halogens is 1. The van der Waals surface area contributed by atoms with Crippen molar-refractivity contribution in [2.45, 2.75) is 52.7 Å². The van der Waals surface area contributed by atoms with Crippen LogP contribution in [0.15, 0.2) is 0 Å². The fourth-order valence-electron chi connectivity index (χ4n) is 1.35. The number of alkyl halides is 1. The number of hydroxylamine groups is 2. The van der Waals surface area contributed by atoms with Crippen LogP contribution in [-0.4, -0.2) is 39.7 Å². The van der Waals surface area contributed by atoms with Gasteiger partial charge in [0, 0.05) is 0 Å². The molecule has 0 aliphatic carbocycles. The van der Waals surface area contributed by atoms with Crippen molar-refractivity contribution in [1.29, 1.82) is 0 Å². The summed E-state index contributed by atoms with van der Waals surface area (Å²) in [5, 5.41) is 10.1. The average Bonchev–Trinajstić information content (AvgIpc) is 2.20. The number of amides is 1. The Labute approximate surface area is 113 Å². The monoisotopic (exact) mass is 279 g/mol. The highest BCUT2D eigenvalue weighted by Gasteiger charge is 2.33. The summed E-state index contributed by atoms with van der Waals surface area (Å²) < 4.78 is 5.18. The Balaban J connectivity index is 4.88. The summed E-state index contributed by atoms with van der Waals surface area (Å²) >= 11 is 5.36. The van der Waals surface area contributed by atoms with Crippen LogP contribution in [0.2, 0.25) is 0 Å². The van der Waals surface area contributed by atoms with Crippen molar-refractivity contribution >= 4 is 23.5 Å². The maximum atomic E-state index is 11.9. The Bertz CT molecular complexity index is 299. The van der Waals surface area contributed by atoms with Gasteiger partial charge in [0.1, 0.15) is 11.5 Å². The van der Waals surface area contributed by atoms with Crippen LogP contribution in [0.25, 0.3) is 0 Å². The zero-order valence-electron chi connectivity index (χ0n) is 11.6. The molecular formula is C12H22ClNO4. The molecule has 5 nitrogen and oxygen atoms in total. The van der Waals surface area contributed by atoms with Gasteiger partial charge in [0.15, 0.2) is 6.04 Å². The van der Waals surface area contributed by atoms with Gasteiger partial charge in [-0.15, -0.1) is 11.6 Å². The quantitative estimate of drug-likeness (QED) is 0.363. The number of hydrogen-bond donors (Lipinski definition) is 1. The fourth-order valence-corrected chi connectivity index (χ4v) is 1.47. The van der Waals surface area contributed by atoms with E-state index < -0.39 is 23.5 Å². The van der Waals surface area contributed by atoms with E-state index in [2.05, 4.69) is 0 Å². The van der Waals surface area contributed by atoms with Crippen LogP contribution in [0.5, 0.6) is 0 Å². The normalized spacial score (nSPS) is 13.3. The average molecular weight is 280 g/mol. The second kappa shape index (κ2) is 6.95. The first-order valence-electron chi connectivity index (χ1n) is 5.88. The van der Waals surface area contributed by atoms with Crippen molar-refractivity contribution in [2.24, 2.45) is 5.92 Å². The molecule has 0 heterocycles. The molecule has 0 saturated heterocycles. The van der Waals surface area contributed by atoms with Gasteiger partial charge in [-0.25, -0.2) is 9.86 Å². The lowest BCUT2D eigenvalue weighted by Crippen LogP contribution is -2.46. The molecule has 0 aromatic carbocycles. The molecule has 0 rings (SSSR count). The molecule has 18 heavy (non-hydrogen) atoms. The van der Waals surface area contributed by atoms with E-state index in [1.807, 2.05) is 13.8 Å². The van der Waals surface area contributed by atoms with Crippen molar-refractivity contribution in [1.82, 2.24) is 5.06 Å². The molecule has 0 aromatic heterocycles. The van der Waals surface area contributed by atoms with Crippen LogP contribution in [-0.2, 0) is 14.3 Å². The second-order valence-electron chi connectivity index (χ2n) is 5.55. The van der Waals surface area contributed by atoms with Gasteiger partial charge in [-0.2, -0.15) is 0 Å². The van der Waals surface area contributed by atoms with Crippen molar-refractivity contribution in [3.05, 3.63) is 0 Å². The van der Waals surface area contributed by atoms with E-state index in [1.165, 1.54) is 0 Å². The number of hydrogen-bond acceptors (Lipinski definition) is 4. The molecule has 1 amide bonds. The van der Waals surface area contributed by atoms with Crippen LogP contribution >= 0.6 is 11.6 Å². The molecular weight excluding hydrogens is 258 g/mol. The molecule has 106 valence electrons. The lowest BCUT2D eigenvalue weighted by Gasteiger charge is -2.28. The highest BCUT2D eigenvalue weighted by molar-refractivity contribution is 6.27. The minimum absolute atomic E-state index is 0.125. The first-order chi connectivity index (χ1) is 8.08. The molecule has 0 aliphatic heterocycles. The Morgan fingerprint density at radius 1 is 1.33 bits per heavy atom. The fraction of sp³-hybridized carbons (Fsp3) is 0.833. The third-order valence-corrected chi connectivity index (χ3v) is 2.27. The van der Waals surface area contributed by atoms with Crippen LogP contribution in [0.3, 0.4) is 0 Å². The predicted octanol–water partition coefficient (Wildman–Crippen LogP) is 2.20. The molecule has 0 unspecified atom stereocenters. The molecule has 0 fully saturated rings. The zero-order valence-corrected chi connectivity index (χ0v) is 12.3. The van der Waals surface area contributed by atoms with Crippen molar-refractivity contribution in [2.75, 3.05) is 5.88 Å². The third-order valence-electron chi connectivity index (χ3n) is 2.04. The summed E-state index contributed by atoms with van der Waals surface area (Å²) in [6.45, 7) is 8.94. The molecule has 1 N–H and O–H groups in total. The van der Waals surface area contributed by atoms with Gasteiger partial charge in [-0.3, -0.25) is 10.0 Å². The molecule has 6 heteroatoms. The molecule has 0 aromatic rings. The zero-order chi connectivity index (χ0) is 14.5. The highest BCUT2D eigenvalue weighted by Crippen LogP contribution is 2.16. The van der Waals surface area contributed by atoms with E-state index in [-0.39, 0.29) is 11.8 Å². The van der Waals surface area contributed by atoms with E-state index in [0.29, 0.717) is 11.5 Å². The van der Waals surface area contributed by atoms with Crippen molar-refractivity contribution in [3.63, 3.8) is 0 Å². The minimum atomic E-state index is -1.02. The number of nitrogens with zero attached hydrogens (tertiary/aromatic N) is 1. The molecule has 0 radical (unpaired) electrons. The van der Waals surface area contributed by atoms with Crippen molar-refractivity contribution in [3.8, 4) is 0 Å². The maximum absolute atomic E-state index is 11.9. The van der Waals surface area contributed by atoms with E-state index in [9.17, 15) is 14.8 Å². The summed E-state index contributed by atoms with van der Waals surface area (Å²) in [6.07, 6.45) is 0.314. The summed E-state index contributed by atoms with van der Waals surface area (Å²) in [5.41, 5.74) is -0.669. The SMILES string of the molecule is CC(C)C[C@@H](C(=O)OC(C)(C)C)N(O)C(=O)CCl. The number of carbonyl (C=O) groups is 2. The molecule has 0 aliphatic rings. The third kappa shape index (κ3) is 6.21. The number of esters is 1. The summed E-state index contributed by atoms with van der Waals surface area (Å²) in [5.74, 6) is -1.60. The number of carbonyl (C=O) groups excluding carboxylic acids is 2. The number of rotatable bonds is 5. The second-order valence-corrected chi connectivity index (χ2v) is 5.82. The first kappa shape index (κ1) is 17.2. The van der Waals surface area contributed by atoms with Gasteiger partial charge < -0.3 is 4.74 Å². The van der Waals surface area contributed by atoms with Gasteiger partial charge in [0.05, 0.1) is 0 Å². The molecule has 0 spiro atoms. The summed E-state index contributed by atoms with van der Waals surface area (Å²) in [4.78, 5) is 23.3. The maximum Gasteiger partial charge on any atom is 0.332 e. The predicted molar refractivity (Wildman–Crippen MR) is 68.4 cm³/mol. The number of ether oxygens (including phenoxy) is 1. The smallest absolute Gasteiger partial charge is 0.332 e. The first-order valence-corrected chi connectivity index (χ1v) is 6.41. The Morgan fingerprint density at radius 2 is 1.83 bits per heavy atom. The van der Waals surface area contributed by atoms with E-state index in [1.54, 1.807) is 20.8 Å². The summed E-state index contributed by atoms with van der Waals surface area (Å²) in [6, 6.07) is -1.02. The Hall–Kier alpha value is -0.810. The Kier molecular flexibility index (Phi) is 6.63. The van der Waals surface area contributed by atoms with Gasteiger partial charge in [0.25, 0.3) is 5.91 Å². The molecule has 0 saturated carbocycles. The Morgan fingerprint density at radius 3 is 2.17 bits per heavy atom. The van der Waals surface area contributed by atoms with Gasteiger partial charge in [-0.1, -0.05) is 13.8 Å². The lowest BCUT2D eigenvalue weighted by atomic mass is 10.0. The van der Waals surface area contributed by atoms with Crippen molar-refractivity contribution < 1.29 is 19.5 Å². The van der Waals surface area contributed by atoms with Crippen LogP contribution in [0.4, 0.5) is 0 Å². The van der Waals surface area contributed by atoms with Gasteiger partial charge in [-0.05, 0) is 33.1 Å². The standard InChI is InChI=1S/C12H22ClNO4/c1-8(2)6-9(14(17)10(15)7-13)11(16)18-12(3,4)5/h8-9,17H,6-7H2,1-5H3/t9-/m0/s1. The largest absolute Gasteiger partial charge is 0.458 e. The van der Waals surface area contributed by atoms with Gasteiger partial charge >= 0.3 is 5.97 Å². The van der Waals surface area contributed by atoms with E-state index in [0.717, 1.165) is 0 Å². The lowest BCUT2D eigenvalue weighted by molar-refractivity contribution is -0.193. The van der Waals surface area contributed by atoms with E-state index >= 15 is 0 Å². The van der Waals surface area contributed by atoms with Crippen LogP contribution in [0.1, 0.15) is 41.0 Å². The molecule has 1 atom stereocenters. The minimum Gasteiger partial charge on any atom is -0.458 e. The van der Waals surface area contributed by atoms with Crippen LogP contribution in [0, 0.1) is 5.92 Å². The van der Waals surface area contributed by atoms with Crippen LogP contribution < -0.4 is 0 Å². The molecule has 0 bridgehead atoms.